The van der Waals surface area contributed by atoms with E-state index in [-0.39, 0.29) is 17.6 Å². The molecule has 7 nitrogen and oxygen atoms in total. The summed E-state index contributed by atoms with van der Waals surface area (Å²) in [5.41, 5.74) is 12.9. The van der Waals surface area contributed by atoms with E-state index in [2.05, 4.69) is 15.5 Å². The van der Waals surface area contributed by atoms with Crippen molar-refractivity contribution in [2.45, 2.75) is 0 Å². The Morgan fingerprint density at radius 1 is 1.04 bits per heavy atom. The van der Waals surface area contributed by atoms with E-state index in [0.717, 1.165) is 5.56 Å². The first kappa shape index (κ1) is 15.3. The number of rotatable bonds is 4. The molecule has 5 N–H and O–H groups in total. The van der Waals surface area contributed by atoms with E-state index in [1.165, 1.54) is 0 Å². The number of nitrogens with zero attached hydrogens (tertiary/aromatic N) is 2. The van der Waals surface area contributed by atoms with Gasteiger partial charge in [0.25, 0.3) is 5.91 Å². The number of para-hydroxylation sites is 1. The lowest BCUT2D eigenvalue weighted by Crippen LogP contribution is -2.21. The van der Waals surface area contributed by atoms with Crippen LogP contribution >= 0.6 is 0 Å². The number of nitrogens with one attached hydrogen (secondary N) is 1. The zero-order valence-electron chi connectivity index (χ0n) is 12.6. The van der Waals surface area contributed by atoms with Crippen LogP contribution in [-0.2, 0) is 0 Å². The Morgan fingerprint density at radius 3 is 2.42 bits per heavy atom. The van der Waals surface area contributed by atoms with Crippen LogP contribution in [-0.4, -0.2) is 17.0 Å². The van der Waals surface area contributed by atoms with Gasteiger partial charge >= 0.3 is 0 Å². The van der Waals surface area contributed by atoms with Crippen molar-refractivity contribution in [3.63, 3.8) is 0 Å². The van der Waals surface area contributed by atoms with Gasteiger partial charge in [-0.3, -0.25) is 4.79 Å². The van der Waals surface area contributed by atoms with Gasteiger partial charge in [0.2, 0.25) is 0 Å². The van der Waals surface area contributed by atoms with Crippen molar-refractivity contribution in [3.8, 4) is 11.3 Å². The Hall–Kier alpha value is -3.61. The number of guanidine groups is 1. The topological polar surface area (TPSA) is 120 Å². The summed E-state index contributed by atoms with van der Waals surface area (Å²) in [6.45, 7) is 0. The van der Waals surface area contributed by atoms with Gasteiger partial charge < -0.3 is 21.3 Å². The summed E-state index contributed by atoms with van der Waals surface area (Å²) in [7, 11) is 0. The third-order valence-corrected chi connectivity index (χ3v) is 3.18. The van der Waals surface area contributed by atoms with Gasteiger partial charge in [-0.2, -0.15) is 0 Å². The molecule has 2 aromatic carbocycles. The Balaban J connectivity index is 1.75. The molecule has 0 saturated carbocycles. The average molecular weight is 321 g/mol. The van der Waals surface area contributed by atoms with Gasteiger partial charge in [-0.05, 0) is 36.4 Å². The summed E-state index contributed by atoms with van der Waals surface area (Å²) in [4.78, 5) is 16.1. The smallest absolute Gasteiger partial charge is 0.277 e. The minimum Gasteiger partial charge on any atom is -0.370 e. The summed E-state index contributed by atoms with van der Waals surface area (Å²) in [5, 5.41) is 6.55. The largest absolute Gasteiger partial charge is 0.370 e. The molecule has 24 heavy (non-hydrogen) atoms. The Labute approximate surface area is 138 Å². The lowest BCUT2D eigenvalue weighted by molar-refractivity contribution is 0.101. The molecule has 0 unspecified atom stereocenters. The third-order valence-electron chi connectivity index (χ3n) is 3.18. The van der Waals surface area contributed by atoms with Crippen molar-refractivity contribution in [2.24, 2.45) is 16.5 Å². The number of nitrogens with two attached hydrogens (primary N) is 2. The highest BCUT2D eigenvalue weighted by Gasteiger charge is 2.13. The molecule has 0 aliphatic rings. The first-order valence-electron chi connectivity index (χ1n) is 7.15. The van der Waals surface area contributed by atoms with Crippen molar-refractivity contribution in [1.29, 1.82) is 0 Å². The molecule has 0 spiro atoms. The number of carbonyl (C=O) groups excluding carboxylic acids is 1. The minimum atomic E-state index is -0.340. The van der Waals surface area contributed by atoms with Crippen molar-refractivity contribution < 1.29 is 9.32 Å². The van der Waals surface area contributed by atoms with E-state index in [0.29, 0.717) is 17.1 Å². The van der Waals surface area contributed by atoms with Gasteiger partial charge in [-0.15, -0.1) is 0 Å². The van der Waals surface area contributed by atoms with Crippen LogP contribution in [0.25, 0.3) is 11.3 Å². The SMILES string of the molecule is NC(N)=Nc1ccc(-c2cc(C(=O)Nc3ccccc3)no2)cc1. The van der Waals surface area contributed by atoms with E-state index in [1.807, 2.05) is 18.2 Å². The predicted molar refractivity (Wildman–Crippen MR) is 91.8 cm³/mol. The van der Waals surface area contributed by atoms with E-state index in [9.17, 15) is 4.79 Å². The van der Waals surface area contributed by atoms with Crippen molar-refractivity contribution in [1.82, 2.24) is 5.16 Å². The second-order valence-corrected chi connectivity index (χ2v) is 4.98. The normalized spacial score (nSPS) is 10.2. The summed E-state index contributed by atoms with van der Waals surface area (Å²) in [5.74, 6) is 0.125. The van der Waals surface area contributed by atoms with Crippen LogP contribution in [0.4, 0.5) is 11.4 Å². The van der Waals surface area contributed by atoms with Crippen LogP contribution in [0.1, 0.15) is 10.5 Å². The van der Waals surface area contributed by atoms with Crippen LogP contribution in [0, 0.1) is 0 Å². The highest BCUT2D eigenvalue weighted by molar-refractivity contribution is 6.03. The van der Waals surface area contributed by atoms with Crippen molar-refractivity contribution >= 4 is 23.2 Å². The van der Waals surface area contributed by atoms with Gasteiger partial charge in [-0.25, -0.2) is 4.99 Å². The molecule has 0 atom stereocenters. The van der Waals surface area contributed by atoms with Crippen LogP contribution in [0.15, 0.2) is 70.2 Å². The standard InChI is InChI=1S/C17H15N5O2/c18-17(19)21-13-8-6-11(7-9-13)15-10-14(22-24-15)16(23)20-12-4-2-1-3-5-12/h1-10H,(H,20,23)(H4,18,19,21). The number of amides is 1. The quantitative estimate of drug-likeness (QED) is 0.504. The number of anilines is 1. The summed E-state index contributed by atoms with van der Waals surface area (Å²) in [6.07, 6.45) is 0. The van der Waals surface area contributed by atoms with Gasteiger partial charge in [-0.1, -0.05) is 23.4 Å². The average Bonchev–Trinajstić information content (AvgIpc) is 3.06. The molecule has 120 valence electrons. The van der Waals surface area contributed by atoms with Crippen LogP contribution in [0.3, 0.4) is 0 Å². The fourth-order valence-electron chi connectivity index (χ4n) is 2.08. The van der Waals surface area contributed by atoms with Gasteiger partial charge in [0, 0.05) is 17.3 Å². The fourth-order valence-corrected chi connectivity index (χ4v) is 2.08. The maximum Gasteiger partial charge on any atom is 0.277 e. The van der Waals surface area contributed by atoms with Crippen molar-refractivity contribution in [2.75, 3.05) is 5.32 Å². The van der Waals surface area contributed by atoms with Crippen LogP contribution in [0.2, 0.25) is 0 Å². The molecule has 1 amide bonds. The molecular weight excluding hydrogens is 306 g/mol. The first-order chi connectivity index (χ1) is 11.6. The molecule has 0 radical (unpaired) electrons. The molecule has 1 aromatic heterocycles. The van der Waals surface area contributed by atoms with E-state index >= 15 is 0 Å². The van der Waals surface area contributed by atoms with Crippen LogP contribution in [0.5, 0.6) is 0 Å². The lowest BCUT2D eigenvalue weighted by Gasteiger charge is -2.00. The number of aromatic nitrogens is 1. The molecule has 0 fully saturated rings. The number of hydrogen-bond donors (Lipinski definition) is 3. The Morgan fingerprint density at radius 2 is 1.75 bits per heavy atom. The predicted octanol–water partition coefficient (Wildman–Crippen LogP) is 2.50. The lowest BCUT2D eigenvalue weighted by atomic mass is 10.1. The molecule has 0 saturated heterocycles. The van der Waals surface area contributed by atoms with E-state index in [1.54, 1.807) is 42.5 Å². The van der Waals surface area contributed by atoms with Gasteiger partial charge in [0.05, 0.1) is 5.69 Å². The number of carbonyl (C=O) groups is 1. The Kier molecular flexibility index (Phi) is 4.24. The molecule has 3 rings (SSSR count). The first-order valence-corrected chi connectivity index (χ1v) is 7.15. The molecule has 1 heterocycles. The summed E-state index contributed by atoms with van der Waals surface area (Å²) >= 11 is 0. The van der Waals surface area contributed by atoms with Crippen LogP contribution < -0.4 is 16.8 Å². The monoisotopic (exact) mass is 321 g/mol. The number of benzene rings is 2. The number of aliphatic imine (C=N–C) groups is 1. The highest BCUT2D eigenvalue weighted by atomic mass is 16.5. The second-order valence-electron chi connectivity index (χ2n) is 4.98. The van der Waals surface area contributed by atoms with Gasteiger partial charge in [0.15, 0.2) is 17.4 Å². The van der Waals surface area contributed by atoms with Crippen molar-refractivity contribution in [3.05, 3.63) is 66.4 Å². The molecule has 7 heteroatoms. The minimum absolute atomic E-state index is 0.0118. The summed E-state index contributed by atoms with van der Waals surface area (Å²) < 4.78 is 5.23. The fraction of sp³-hybridized carbons (Fsp3) is 0. The maximum atomic E-state index is 12.2. The van der Waals surface area contributed by atoms with E-state index in [4.69, 9.17) is 16.0 Å². The maximum absolute atomic E-state index is 12.2. The second kappa shape index (κ2) is 6.66. The number of hydrogen-bond acceptors (Lipinski definition) is 4. The Bertz CT molecular complexity index is 866. The molecule has 0 aliphatic carbocycles. The third kappa shape index (κ3) is 3.58. The molecular formula is C17H15N5O2. The summed E-state index contributed by atoms with van der Waals surface area (Å²) in [6, 6.07) is 17.7. The molecule has 3 aromatic rings. The molecule has 0 bridgehead atoms. The van der Waals surface area contributed by atoms with Gasteiger partial charge in [0.1, 0.15) is 0 Å². The zero-order chi connectivity index (χ0) is 16.9. The molecule has 0 aliphatic heterocycles. The van der Waals surface area contributed by atoms with E-state index < -0.39 is 0 Å². The zero-order valence-corrected chi connectivity index (χ0v) is 12.6. The highest BCUT2D eigenvalue weighted by Crippen LogP contribution is 2.23.